The largest absolute Gasteiger partial charge is 0.481 e. The number of hydrogen-bond donors (Lipinski definition) is 2. The lowest BCUT2D eigenvalue weighted by Gasteiger charge is -2.33. The number of nitrogens with two attached hydrogens (primary N) is 1. The number of piperidine rings is 1. The van der Waals surface area contributed by atoms with Crippen molar-refractivity contribution in [1.82, 2.24) is 4.90 Å². The number of carboxylic acids is 1. The lowest BCUT2D eigenvalue weighted by molar-refractivity contribution is -0.137. The van der Waals surface area contributed by atoms with Crippen LogP contribution < -0.4 is 5.73 Å². The van der Waals surface area contributed by atoms with Crippen molar-refractivity contribution in [3.8, 4) is 0 Å². The maximum Gasteiger partial charge on any atom is 0.303 e. The highest BCUT2D eigenvalue weighted by atomic mass is 16.4. The van der Waals surface area contributed by atoms with E-state index < -0.39 is 12.0 Å². The minimum Gasteiger partial charge on any atom is -0.481 e. The molecule has 1 amide bonds. The van der Waals surface area contributed by atoms with E-state index in [-0.39, 0.29) is 12.3 Å². The number of likely N-dealkylation sites (tertiary alicyclic amines) is 1. The van der Waals surface area contributed by atoms with Crippen molar-refractivity contribution in [3.05, 3.63) is 0 Å². The zero-order valence-electron chi connectivity index (χ0n) is 9.69. The Balaban J connectivity index is 2.41. The third-order valence-electron chi connectivity index (χ3n) is 2.99. The Morgan fingerprint density at radius 3 is 2.81 bits per heavy atom. The van der Waals surface area contributed by atoms with E-state index in [4.69, 9.17) is 10.8 Å². The summed E-state index contributed by atoms with van der Waals surface area (Å²) in [4.78, 5) is 23.9. The van der Waals surface area contributed by atoms with Crippen molar-refractivity contribution in [3.63, 3.8) is 0 Å². The van der Waals surface area contributed by atoms with Gasteiger partial charge in [0, 0.05) is 19.5 Å². The first kappa shape index (κ1) is 13.0. The number of carbonyl (C=O) groups excluding carboxylic acids is 1. The van der Waals surface area contributed by atoms with Gasteiger partial charge in [0.1, 0.15) is 0 Å². The van der Waals surface area contributed by atoms with Gasteiger partial charge in [-0.1, -0.05) is 0 Å². The number of carboxylic acid groups (broad SMARTS) is 1. The molecular weight excluding hydrogens is 208 g/mol. The smallest absolute Gasteiger partial charge is 0.303 e. The second-order valence-corrected chi connectivity index (χ2v) is 4.51. The van der Waals surface area contributed by atoms with E-state index in [1.807, 2.05) is 0 Å². The standard InChI is InChI=1S/C11H20N2O3/c1-8(12)11(16)13-6-2-3-9(7-13)4-5-10(14)15/h8-9H,2-7,12H2,1H3,(H,14,15). The normalized spacial score (nSPS) is 22.9. The zero-order valence-corrected chi connectivity index (χ0v) is 9.69. The molecule has 2 unspecified atom stereocenters. The Hall–Kier alpha value is -1.10. The summed E-state index contributed by atoms with van der Waals surface area (Å²) in [6.45, 7) is 3.10. The van der Waals surface area contributed by atoms with Gasteiger partial charge in [0.2, 0.25) is 5.91 Å². The molecule has 1 heterocycles. The Morgan fingerprint density at radius 1 is 1.56 bits per heavy atom. The SMILES string of the molecule is CC(N)C(=O)N1CCCC(CCC(=O)O)C1. The van der Waals surface area contributed by atoms with Crippen LogP contribution >= 0.6 is 0 Å². The summed E-state index contributed by atoms with van der Waals surface area (Å²) in [6, 6.07) is -0.460. The molecular formula is C11H20N2O3. The maximum atomic E-state index is 11.7. The molecule has 0 aromatic carbocycles. The molecule has 1 rings (SSSR count). The molecule has 0 saturated carbocycles. The van der Waals surface area contributed by atoms with Crippen LogP contribution in [0.25, 0.3) is 0 Å². The summed E-state index contributed by atoms with van der Waals surface area (Å²) in [6.07, 6.45) is 2.79. The van der Waals surface area contributed by atoms with Crippen LogP contribution in [0.2, 0.25) is 0 Å². The molecule has 0 radical (unpaired) electrons. The maximum absolute atomic E-state index is 11.7. The summed E-state index contributed by atoms with van der Waals surface area (Å²) in [5, 5.41) is 8.61. The minimum atomic E-state index is -0.768. The van der Waals surface area contributed by atoms with E-state index in [9.17, 15) is 9.59 Å². The molecule has 0 aromatic rings. The van der Waals surface area contributed by atoms with Gasteiger partial charge < -0.3 is 15.7 Å². The van der Waals surface area contributed by atoms with E-state index in [0.29, 0.717) is 18.9 Å². The zero-order chi connectivity index (χ0) is 12.1. The Morgan fingerprint density at radius 2 is 2.25 bits per heavy atom. The molecule has 0 aliphatic carbocycles. The summed E-state index contributed by atoms with van der Waals surface area (Å²) in [5.41, 5.74) is 5.55. The van der Waals surface area contributed by atoms with Gasteiger partial charge in [0.25, 0.3) is 0 Å². The first-order valence-electron chi connectivity index (χ1n) is 5.77. The number of nitrogens with zero attached hydrogens (tertiary/aromatic N) is 1. The highest BCUT2D eigenvalue weighted by molar-refractivity contribution is 5.81. The number of aliphatic carboxylic acids is 1. The molecule has 0 bridgehead atoms. The van der Waals surface area contributed by atoms with Crippen LogP contribution in [0.3, 0.4) is 0 Å². The highest BCUT2D eigenvalue weighted by Crippen LogP contribution is 2.21. The van der Waals surface area contributed by atoms with Crippen LogP contribution in [0, 0.1) is 5.92 Å². The van der Waals surface area contributed by atoms with Crippen LogP contribution in [0.15, 0.2) is 0 Å². The van der Waals surface area contributed by atoms with Gasteiger partial charge in [-0.05, 0) is 32.1 Å². The molecule has 0 spiro atoms. The van der Waals surface area contributed by atoms with Crippen molar-refractivity contribution in [2.24, 2.45) is 11.7 Å². The van der Waals surface area contributed by atoms with Gasteiger partial charge in [0.15, 0.2) is 0 Å². The predicted octanol–water partition coefficient (Wildman–Crippen LogP) is 0.437. The molecule has 1 saturated heterocycles. The van der Waals surface area contributed by atoms with Crippen molar-refractivity contribution < 1.29 is 14.7 Å². The first-order chi connectivity index (χ1) is 7.50. The molecule has 92 valence electrons. The average molecular weight is 228 g/mol. The third-order valence-corrected chi connectivity index (χ3v) is 2.99. The molecule has 2 atom stereocenters. The quantitative estimate of drug-likeness (QED) is 0.731. The predicted molar refractivity (Wildman–Crippen MR) is 59.8 cm³/mol. The lowest BCUT2D eigenvalue weighted by atomic mass is 9.93. The number of amides is 1. The average Bonchev–Trinajstić information content (AvgIpc) is 2.25. The Kier molecular flexibility index (Phi) is 4.73. The van der Waals surface area contributed by atoms with Crippen molar-refractivity contribution in [2.75, 3.05) is 13.1 Å². The van der Waals surface area contributed by atoms with E-state index in [0.717, 1.165) is 19.4 Å². The molecule has 16 heavy (non-hydrogen) atoms. The first-order valence-corrected chi connectivity index (χ1v) is 5.77. The molecule has 1 fully saturated rings. The van der Waals surface area contributed by atoms with E-state index in [2.05, 4.69) is 0 Å². The van der Waals surface area contributed by atoms with Gasteiger partial charge in [-0.3, -0.25) is 9.59 Å². The molecule has 3 N–H and O–H groups in total. The van der Waals surface area contributed by atoms with Crippen LogP contribution in [0.1, 0.15) is 32.6 Å². The number of hydrogen-bond acceptors (Lipinski definition) is 3. The van der Waals surface area contributed by atoms with Crippen molar-refractivity contribution in [2.45, 2.75) is 38.6 Å². The van der Waals surface area contributed by atoms with Crippen molar-refractivity contribution in [1.29, 1.82) is 0 Å². The fourth-order valence-corrected chi connectivity index (χ4v) is 2.12. The number of rotatable bonds is 4. The Labute approximate surface area is 95.6 Å². The van der Waals surface area contributed by atoms with E-state index >= 15 is 0 Å². The molecule has 5 heteroatoms. The summed E-state index contributed by atoms with van der Waals surface area (Å²) in [7, 11) is 0. The van der Waals surface area contributed by atoms with E-state index in [1.165, 1.54) is 0 Å². The fraction of sp³-hybridized carbons (Fsp3) is 0.818. The van der Waals surface area contributed by atoms with Crippen molar-refractivity contribution >= 4 is 11.9 Å². The van der Waals surface area contributed by atoms with Crippen LogP contribution in [-0.4, -0.2) is 41.0 Å². The summed E-state index contributed by atoms with van der Waals surface area (Å²) in [5.74, 6) is -0.483. The molecule has 0 aromatic heterocycles. The van der Waals surface area contributed by atoms with Gasteiger partial charge in [0.05, 0.1) is 6.04 Å². The van der Waals surface area contributed by atoms with Gasteiger partial charge in [-0.15, -0.1) is 0 Å². The monoisotopic (exact) mass is 228 g/mol. The second kappa shape index (κ2) is 5.84. The molecule has 1 aliphatic rings. The number of carbonyl (C=O) groups is 2. The van der Waals surface area contributed by atoms with Gasteiger partial charge in [-0.2, -0.15) is 0 Å². The minimum absolute atomic E-state index is 0.0278. The lowest BCUT2D eigenvalue weighted by Crippen LogP contribution is -2.46. The van der Waals surface area contributed by atoms with Gasteiger partial charge in [-0.25, -0.2) is 0 Å². The third kappa shape index (κ3) is 3.81. The topological polar surface area (TPSA) is 83.6 Å². The van der Waals surface area contributed by atoms with Gasteiger partial charge >= 0.3 is 5.97 Å². The summed E-state index contributed by atoms with van der Waals surface area (Å²) >= 11 is 0. The van der Waals surface area contributed by atoms with E-state index in [1.54, 1.807) is 11.8 Å². The highest BCUT2D eigenvalue weighted by Gasteiger charge is 2.25. The Bertz CT molecular complexity index is 266. The molecule has 5 nitrogen and oxygen atoms in total. The van der Waals surface area contributed by atoms with Crippen LogP contribution in [0.5, 0.6) is 0 Å². The summed E-state index contributed by atoms with van der Waals surface area (Å²) < 4.78 is 0. The second-order valence-electron chi connectivity index (χ2n) is 4.51. The van der Waals surface area contributed by atoms with Crippen LogP contribution in [-0.2, 0) is 9.59 Å². The fourth-order valence-electron chi connectivity index (χ4n) is 2.12. The van der Waals surface area contributed by atoms with Crippen LogP contribution in [0.4, 0.5) is 0 Å². The molecule has 1 aliphatic heterocycles.